The highest BCUT2D eigenvalue weighted by atomic mass is 35.5. The Bertz CT molecular complexity index is 1100. The molecule has 29 heavy (non-hydrogen) atoms. The molecule has 1 unspecified atom stereocenters. The highest BCUT2D eigenvalue weighted by Crippen LogP contribution is 2.37. The van der Waals surface area contributed by atoms with Gasteiger partial charge in [0, 0.05) is 24.2 Å². The Kier molecular flexibility index (Phi) is 4.59. The maximum atomic E-state index is 13.4. The van der Waals surface area contributed by atoms with Crippen molar-refractivity contribution in [2.75, 3.05) is 11.4 Å². The summed E-state index contributed by atoms with van der Waals surface area (Å²) in [5.74, 6) is 0.158. The normalized spacial score (nSPS) is 18.9. The molecule has 3 aromatic rings. The van der Waals surface area contributed by atoms with Gasteiger partial charge in [-0.1, -0.05) is 28.9 Å². The lowest BCUT2D eigenvalue weighted by molar-refractivity contribution is -0.117. The van der Waals surface area contributed by atoms with Gasteiger partial charge >= 0.3 is 0 Å². The second kappa shape index (κ2) is 7.26. The summed E-state index contributed by atoms with van der Waals surface area (Å²) in [6.07, 6.45) is 4.77. The summed E-state index contributed by atoms with van der Waals surface area (Å²) < 4.78 is 18.8. The molecular formula is C22H19ClFN3O2. The van der Waals surface area contributed by atoms with Gasteiger partial charge in [0.25, 0.3) is 0 Å². The van der Waals surface area contributed by atoms with E-state index in [0.29, 0.717) is 30.2 Å². The van der Waals surface area contributed by atoms with Crippen molar-refractivity contribution in [1.82, 2.24) is 10.1 Å². The highest BCUT2D eigenvalue weighted by molar-refractivity contribution is 6.31. The van der Waals surface area contributed by atoms with E-state index in [0.717, 1.165) is 24.9 Å². The predicted molar refractivity (Wildman–Crippen MR) is 107 cm³/mol. The average molecular weight is 412 g/mol. The third kappa shape index (κ3) is 3.31. The molecule has 2 aromatic carbocycles. The van der Waals surface area contributed by atoms with Gasteiger partial charge in [-0.05, 0) is 61.1 Å². The van der Waals surface area contributed by atoms with Crippen molar-refractivity contribution in [3.63, 3.8) is 0 Å². The number of carbonyl (C=O) groups is 1. The Hall–Kier alpha value is -2.73. The zero-order valence-corrected chi connectivity index (χ0v) is 16.5. The number of benzene rings is 2. The molecule has 0 N–H and O–H groups in total. The van der Waals surface area contributed by atoms with Crippen molar-refractivity contribution in [3.05, 3.63) is 64.3 Å². The summed E-state index contributed by atoms with van der Waals surface area (Å²) in [6, 6.07) is 10.5. The number of carbonyl (C=O) groups excluding carboxylic acids is 1. The summed E-state index contributed by atoms with van der Waals surface area (Å²) in [4.78, 5) is 19.1. The number of hydrogen-bond acceptors (Lipinski definition) is 4. The molecule has 0 bridgehead atoms. The van der Waals surface area contributed by atoms with E-state index in [1.807, 2.05) is 17.0 Å². The quantitative estimate of drug-likeness (QED) is 0.613. The lowest BCUT2D eigenvalue weighted by Crippen LogP contribution is -2.26. The summed E-state index contributed by atoms with van der Waals surface area (Å²) in [5, 5.41) is 4.00. The minimum Gasteiger partial charge on any atom is -0.339 e. The number of hydrogen-bond donors (Lipinski definition) is 0. The van der Waals surface area contributed by atoms with Crippen LogP contribution in [0.4, 0.5) is 10.1 Å². The molecule has 0 radical (unpaired) electrons. The van der Waals surface area contributed by atoms with Crippen molar-refractivity contribution in [2.45, 2.75) is 38.0 Å². The van der Waals surface area contributed by atoms with Crippen LogP contribution in [0.2, 0.25) is 5.02 Å². The van der Waals surface area contributed by atoms with E-state index >= 15 is 0 Å². The molecule has 1 atom stereocenters. The highest BCUT2D eigenvalue weighted by Gasteiger charge is 2.36. The zero-order valence-electron chi connectivity index (χ0n) is 15.7. The predicted octanol–water partition coefficient (Wildman–Crippen LogP) is 4.93. The van der Waals surface area contributed by atoms with E-state index in [4.69, 9.17) is 16.1 Å². The smallest absolute Gasteiger partial charge is 0.232 e. The molecule has 5 rings (SSSR count). The number of aromatic nitrogens is 2. The first kappa shape index (κ1) is 18.3. The topological polar surface area (TPSA) is 59.2 Å². The number of amides is 1. The Balaban J connectivity index is 1.40. The van der Waals surface area contributed by atoms with Crippen LogP contribution in [0.5, 0.6) is 0 Å². The number of fused-ring (bicyclic) bond motifs is 1. The minimum atomic E-state index is -0.498. The first-order valence-corrected chi connectivity index (χ1v) is 10.2. The van der Waals surface area contributed by atoms with Crippen molar-refractivity contribution >= 4 is 23.2 Å². The van der Waals surface area contributed by atoms with Gasteiger partial charge in [0.05, 0.1) is 10.9 Å². The van der Waals surface area contributed by atoms with Gasteiger partial charge < -0.3 is 9.42 Å². The van der Waals surface area contributed by atoms with Crippen LogP contribution in [0.25, 0.3) is 11.4 Å². The molecule has 148 valence electrons. The van der Waals surface area contributed by atoms with Gasteiger partial charge in [-0.25, -0.2) is 4.39 Å². The van der Waals surface area contributed by atoms with Crippen LogP contribution in [-0.2, 0) is 17.6 Å². The van der Waals surface area contributed by atoms with Crippen LogP contribution in [0, 0.1) is 5.82 Å². The first-order chi connectivity index (χ1) is 14.1. The fourth-order valence-electron chi connectivity index (χ4n) is 4.27. The van der Waals surface area contributed by atoms with E-state index in [1.54, 1.807) is 6.07 Å². The number of rotatable bonds is 3. The molecule has 2 aliphatic rings. The van der Waals surface area contributed by atoms with E-state index in [1.165, 1.54) is 29.7 Å². The molecular weight excluding hydrogens is 393 g/mol. The molecule has 1 aliphatic carbocycles. The fraction of sp³-hybridized carbons (Fsp3) is 0.318. The maximum Gasteiger partial charge on any atom is 0.232 e. The standard InChI is InChI=1S/C22H19ClFN3O2/c23-17-10-14(8-9-18(17)24)21-25-22(29-26-21)15-11-20(28)27(12-15)19-7-3-5-13-4-1-2-6-16(13)19/h3,5,7-10,15H,1-2,4,6,11-12H2. The summed E-state index contributed by atoms with van der Waals surface area (Å²) in [5.41, 5.74) is 4.22. The van der Waals surface area contributed by atoms with Crippen LogP contribution in [0.3, 0.4) is 0 Å². The van der Waals surface area contributed by atoms with Gasteiger partial charge in [-0.15, -0.1) is 0 Å². The monoisotopic (exact) mass is 411 g/mol. The summed E-state index contributed by atoms with van der Waals surface area (Å²) in [7, 11) is 0. The maximum absolute atomic E-state index is 13.4. The number of aryl methyl sites for hydroxylation is 1. The van der Waals surface area contributed by atoms with Crippen LogP contribution in [-0.4, -0.2) is 22.6 Å². The summed E-state index contributed by atoms with van der Waals surface area (Å²) in [6.45, 7) is 0.515. The number of anilines is 1. The van der Waals surface area contributed by atoms with E-state index in [9.17, 15) is 9.18 Å². The molecule has 1 aliphatic heterocycles. The van der Waals surface area contributed by atoms with Gasteiger partial charge in [0.1, 0.15) is 5.82 Å². The first-order valence-electron chi connectivity index (χ1n) is 9.80. The lowest BCUT2D eigenvalue weighted by Gasteiger charge is -2.25. The molecule has 0 saturated carbocycles. The van der Waals surface area contributed by atoms with Crippen molar-refractivity contribution in [1.29, 1.82) is 0 Å². The molecule has 1 aromatic heterocycles. The number of halogens is 2. The third-order valence-electron chi connectivity index (χ3n) is 5.76. The van der Waals surface area contributed by atoms with Crippen molar-refractivity contribution < 1.29 is 13.7 Å². The van der Waals surface area contributed by atoms with E-state index < -0.39 is 5.82 Å². The SMILES string of the molecule is O=C1CC(c2nc(-c3ccc(F)c(Cl)c3)no2)CN1c1cccc2c1CCCC2. The molecule has 5 nitrogen and oxygen atoms in total. The summed E-state index contributed by atoms with van der Waals surface area (Å²) >= 11 is 5.85. The van der Waals surface area contributed by atoms with Crippen molar-refractivity contribution in [3.8, 4) is 11.4 Å². The van der Waals surface area contributed by atoms with Gasteiger partial charge in [0.2, 0.25) is 17.6 Å². The minimum absolute atomic E-state index is 0.00456. The lowest BCUT2D eigenvalue weighted by atomic mass is 9.90. The van der Waals surface area contributed by atoms with Gasteiger partial charge in [-0.2, -0.15) is 4.98 Å². The largest absolute Gasteiger partial charge is 0.339 e. The fourth-order valence-corrected chi connectivity index (χ4v) is 4.45. The molecule has 1 amide bonds. The van der Waals surface area contributed by atoms with Crippen LogP contribution < -0.4 is 4.90 Å². The molecule has 1 fully saturated rings. The van der Waals surface area contributed by atoms with Crippen LogP contribution in [0.1, 0.15) is 42.2 Å². The average Bonchev–Trinajstić information content (AvgIpc) is 3.37. The van der Waals surface area contributed by atoms with Crippen LogP contribution in [0.15, 0.2) is 40.9 Å². The Morgan fingerprint density at radius 3 is 2.90 bits per heavy atom. The van der Waals surface area contributed by atoms with Crippen molar-refractivity contribution in [2.24, 2.45) is 0 Å². The molecule has 7 heteroatoms. The molecule has 1 saturated heterocycles. The molecule has 0 spiro atoms. The third-order valence-corrected chi connectivity index (χ3v) is 6.05. The second-order valence-corrected chi connectivity index (χ2v) is 8.02. The van der Waals surface area contributed by atoms with E-state index in [2.05, 4.69) is 16.2 Å². The second-order valence-electron chi connectivity index (χ2n) is 7.61. The Morgan fingerprint density at radius 1 is 1.17 bits per heavy atom. The van der Waals surface area contributed by atoms with Crippen LogP contribution >= 0.6 is 11.6 Å². The zero-order chi connectivity index (χ0) is 20.0. The Labute approximate surface area is 172 Å². The Morgan fingerprint density at radius 2 is 2.03 bits per heavy atom. The van der Waals surface area contributed by atoms with Gasteiger partial charge in [-0.3, -0.25) is 4.79 Å². The van der Waals surface area contributed by atoms with E-state index in [-0.39, 0.29) is 16.8 Å². The number of nitrogens with zero attached hydrogens (tertiary/aromatic N) is 3. The van der Waals surface area contributed by atoms with Gasteiger partial charge in [0.15, 0.2) is 0 Å². The molecule has 2 heterocycles.